The van der Waals surface area contributed by atoms with Crippen molar-refractivity contribution in [2.45, 2.75) is 20.0 Å². The van der Waals surface area contributed by atoms with Crippen molar-refractivity contribution >= 4 is 44.6 Å². The van der Waals surface area contributed by atoms with Crippen LogP contribution in [0.15, 0.2) is 40.9 Å². The fraction of sp³-hybridized carbons (Fsp3) is 0.200. The van der Waals surface area contributed by atoms with E-state index in [4.69, 9.17) is 22.1 Å². The fourth-order valence-electron chi connectivity index (χ4n) is 1.78. The minimum atomic E-state index is 0.104. The highest BCUT2D eigenvalue weighted by Gasteiger charge is 2.05. The van der Waals surface area contributed by atoms with Gasteiger partial charge in [-0.2, -0.15) is 0 Å². The number of nitrogens with one attached hydrogen (secondary N) is 1. The molecule has 0 saturated heterocycles. The van der Waals surface area contributed by atoms with Gasteiger partial charge in [-0.3, -0.25) is 0 Å². The minimum Gasteiger partial charge on any atom is -0.491 e. The molecule has 0 aliphatic rings. The molecular weight excluding hydrogens is 340 g/mol. The van der Waals surface area contributed by atoms with Crippen LogP contribution in [0.25, 0.3) is 0 Å². The molecule has 0 aromatic heterocycles. The number of rotatable bonds is 4. The lowest BCUT2D eigenvalue weighted by atomic mass is 10.2. The Bertz CT molecular complexity index is 617. The molecule has 0 fully saturated rings. The molecule has 0 heterocycles. The Morgan fingerprint density at radius 1 is 1.20 bits per heavy atom. The molecule has 0 aliphatic carbocycles. The van der Waals surface area contributed by atoms with Gasteiger partial charge in [0.2, 0.25) is 0 Å². The lowest BCUT2D eigenvalue weighted by Gasteiger charge is -2.14. The average Bonchev–Trinajstić information content (AvgIpc) is 2.31. The van der Waals surface area contributed by atoms with Crippen molar-refractivity contribution in [1.82, 2.24) is 0 Å². The van der Waals surface area contributed by atoms with Crippen LogP contribution in [-0.2, 0) is 0 Å². The zero-order chi connectivity index (χ0) is 14.7. The predicted molar refractivity (Wildman–Crippen MR) is 89.1 cm³/mol. The number of nitrogens with two attached hydrogens (primary N) is 1. The number of hydrogen-bond acceptors (Lipinski definition) is 3. The maximum atomic E-state index is 5.93. The van der Waals surface area contributed by atoms with Gasteiger partial charge in [0.05, 0.1) is 11.8 Å². The summed E-state index contributed by atoms with van der Waals surface area (Å²) in [5, 5.41) is 3.97. The first-order valence-electron chi connectivity index (χ1n) is 6.23. The number of halogens is 2. The quantitative estimate of drug-likeness (QED) is 0.740. The summed E-state index contributed by atoms with van der Waals surface area (Å²) in [7, 11) is 0. The van der Waals surface area contributed by atoms with Crippen LogP contribution in [0, 0.1) is 0 Å². The maximum absolute atomic E-state index is 5.93. The molecule has 0 bridgehead atoms. The summed E-state index contributed by atoms with van der Waals surface area (Å²) in [6, 6.07) is 11.1. The van der Waals surface area contributed by atoms with Gasteiger partial charge in [-0.1, -0.05) is 11.6 Å². The molecular formula is C15H16BrClN2O. The molecule has 0 aliphatic heterocycles. The summed E-state index contributed by atoms with van der Waals surface area (Å²) < 4.78 is 6.56. The fourth-order valence-corrected chi connectivity index (χ4v) is 2.56. The minimum absolute atomic E-state index is 0.104. The summed E-state index contributed by atoms with van der Waals surface area (Å²) in [5.41, 5.74) is 8.32. The van der Waals surface area contributed by atoms with Gasteiger partial charge >= 0.3 is 0 Å². The van der Waals surface area contributed by atoms with E-state index in [-0.39, 0.29) is 6.10 Å². The summed E-state index contributed by atoms with van der Waals surface area (Å²) in [6.45, 7) is 3.96. The predicted octanol–water partition coefficient (Wildman–Crippen LogP) is 5.22. The smallest absolute Gasteiger partial charge is 0.123 e. The number of hydrogen-bond donors (Lipinski definition) is 2. The van der Waals surface area contributed by atoms with Gasteiger partial charge < -0.3 is 15.8 Å². The Morgan fingerprint density at radius 3 is 2.60 bits per heavy atom. The van der Waals surface area contributed by atoms with Crippen LogP contribution in [0.5, 0.6) is 5.75 Å². The molecule has 2 aromatic carbocycles. The van der Waals surface area contributed by atoms with E-state index in [1.165, 1.54) is 0 Å². The van der Waals surface area contributed by atoms with Crippen LogP contribution < -0.4 is 15.8 Å². The summed E-state index contributed by atoms with van der Waals surface area (Å²) in [6.07, 6.45) is 0.104. The van der Waals surface area contributed by atoms with E-state index in [0.717, 1.165) is 21.6 Å². The second kappa shape index (κ2) is 6.37. The van der Waals surface area contributed by atoms with Gasteiger partial charge in [0.1, 0.15) is 5.75 Å². The number of ether oxygens (including phenoxy) is 1. The van der Waals surface area contributed by atoms with Gasteiger partial charge in [-0.05, 0) is 54.0 Å². The zero-order valence-corrected chi connectivity index (χ0v) is 13.6. The molecule has 0 saturated carbocycles. The molecule has 3 nitrogen and oxygen atoms in total. The highest BCUT2D eigenvalue weighted by molar-refractivity contribution is 9.10. The van der Waals surface area contributed by atoms with Crippen molar-refractivity contribution in [2.75, 3.05) is 11.1 Å². The van der Waals surface area contributed by atoms with Crippen molar-refractivity contribution in [3.05, 3.63) is 45.9 Å². The average molecular weight is 356 g/mol. The van der Waals surface area contributed by atoms with Gasteiger partial charge in [0.15, 0.2) is 0 Å². The number of benzene rings is 2. The molecule has 5 heteroatoms. The Kier molecular flexibility index (Phi) is 4.78. The van der Waals surface area contributed by atoms with Gasteiger partial charge in [0.25, 0.3) is 0 Å². The lowest BCUT2D eigenvalue weighted by Crippen LogP contribution is -2.06. The van der Waals surface area contributed by atoms with Crippen LogP contribution >= 0.6 is 27.5 Å². The van der Waals surface area contributed by atoms with Gasteiger partial charge in [-0.25, -0.2) is 0 Å². The van der Waals surface area contributed by atoms with E-state index < -0.39 is 0 Å². The third-order valence-electron chi connectivity index (χ3n) is 2.51. The first-order valence-corrected chi connectivity index (χ1v) is 7.40. The summed E-state index contributed by atoms with van der Waals surface area (Å²) in [5.74, 6) is 0.743. The first kappa shape index (κ1) is 15.0. The Labute approximate surface area is 132 Å². The van der Waals surface area contributed by atoms with E-state index in [1.807, 2.05) is 50.2 Å². The van der Waals surface area contributed by atoms with Crippen LogP contribution in [0.3, 0.4) is 0 Å². The molecule has 0 unspecified atom stereocenters. The second-order valence-electron chi connectivity index (χ2n) is 4.71. The largest absolute Gasteiger partial charge is 0.491 e. The highest BCUT2D eigenvalue weighted by atomic mass is 79.9. The standard InChI is InChI=1S/C15H16BrClN2O/c1-9(2)20-13-7-11(18)6-12(8-13)19-15-4-3-10(17)5-14(15)16/h3-9,19H,18H2,1-2H3. The second-order valence-corrected chi connectivity index (χ2v) is 6.00. The Morgan fingerprint density at radius 2 is 1.95 bits per heavy atom. The summed E-state index contributed by atoms with van der Waals surface area (Å²) >= 11 is 9.40. The van der Waals surface area contributed by atoms with Crippen molar-refractivity contribution in [3.8, 4) is 5.75 Å². The molecule has 0 atom stereocenters. The van der Waals surface area contributed by atoms with E-state index in [2.05, 4.69) is 21.2 Å². The number of anilines is 3. The monoisotopic (exact) mass is 354 g/mol. The number of nitrogen functional groups attached to an aromatic ring is 1. The van der Waals surface area contributed by atoms with Crippen LogP contribution in [0.4, 0.5) is 17.1 Å². The maximum Gasteiger partial charge on any atom is 0.123 e. The van der Waals surface area contributed by atoms with Crippen molar-refractivity contribution < 1.29 is 4.74 Å². The molecule has 2 aromatic rings. The Balaban J connectivity index is 2.26. The third-order valence-corrected chi connectivity index (χ3v) is 3.40. The van der Waals surface area contributed by atoms with Crippen LogP contribution in [0.1, 0.15) is 13.8 Å². The SMILES string of the molecule is CC(C)Oc1cc(N)cc(Nc2ccc(Cl)cc2Br)c1. The van der Waals surface area contributed by atoms with E-state index in [1.54, 1.807) is 0 Å². The topological polar surface area (TPSA) is 47.3 Å². The summed E-state index contributed by atoms with van der Waals surface area (Å²) in [4.78, 5) is 0. The van der Waals surface area contributed by atoms with Crippen LogP contribution in [-0.4, -0.2) is 6.10 Å². The molecule has 2 rings (SSSR count). The molecule has 106 valence electrons. The van der Waals surface area contributed by atoms with Crippen molar-refractivity contribution in [3.63, 3.8) is 0 Å². The van der Waals surface area contributed by atoms with Crippen molar-refractivity contribution in [2.24, 2.45) is 0 Å². The Hall–Kier alpha value is -1.39. The highest BCUT2D eigenvalue weighted by Crippen LogP contribution is 2.31. The van der Waals surface area contributed by atoms with E-state index in [0.29, 0.717) is 10.7 Å². The third kappa shape index (κ3) is 4.05. The van der Waals surface area contributed by atoms with Gasteiger partial charge in [0, 0.05) is 33.0 Å². The van der Waals surface area contributed by atoms with E-state index >= 15 is 0 Å². The lowest BCUT2D eigenvalue weighted by molar-refractivity contribution is 0.242. The van der Waals surface area contributed by atoms with Crippen LogP contribution in [0.2, 0.25) is 5.02 Å². The molecule has 0 spiro atoms. The van der Waals surface area contributed by atoms with Gasteiger partial charge in [-0.15, -0.1) is 0 Å². The normalized spacial score (nSPS) is 10.7. The molecule has 3 N–H and O–H groups in total. The van der Waals surface area contributed by atoms with Crippen molar-refractivity contribution in [1.29, 1.82) is 0 Å². The van der Waals surface area contributed by atoms with E-state index in [9.17, 15) is 0 Å². The molecule has 20 heavy (non-hydrogen) atoms. The zero-order valence-electron chi connectivity index (χ0n) is 11.3. The molecule has 0 amide bonds. The first-order chi connectivity index (χ1) is 9.44. The molecule has 0 radical (unpaired) electrons.